The molecule has 0 radical (unpaired) electrons. The second-order valence-corrected chi connectivity index (χ2v) is 2.87. The molecule has 0 heterocycles. The lowest BCUT2D eigenvalue weighted by molar-refractivity contribution is 0.0689. The number of aliphatic hydroxyl groups excluding tert-OH is 1. The van der Waals surface area contributed by atoms with Crippen molar-refractivity contribution in [3.05, 3.63) is 17.7 Å². The van der Waals surface area contributed by atoms with Crippen LogP contribution in [0, 0.1) is 0 Å². The van der Waals surface area contributed by atoms with E-state index in [1.165, 1.54) is 19.2 Å². The van der Waals surface area contributed by atoms with Crippen LogP contribution in [0.4, 0.5) is 0 Å². The first kappa shape index (κ1) is 12.1. The van der Waals surface area contributed by atoms with E-state index in [0.717, 1.165) is 0 Å². The van der Waals surface area contributed by atoms with Crippen molar-refractivity contribution in [3.63, 3.8) is 0 Å². The number of phenols is 1. The fourth-order valence-corrected chi connectivity index (χ4v) is 1.21. The smallest absolute Gasteiger partial charge is 0.339 e. The Morgan fingerprint density at radius 3 is 2.56 bits per heavy atom. The number of carbonyl (C=O) groups is 1. The fraction of sp³-hybridized carbons (Fsp3) is 0.300. The zero-order valence-corrected chi connectivity index (χ0v) is 8.64. The Hall–Kier alpha value is -1.95. The van der Waals surface area contributed by atoms with Crippen molar-refractivity contribution in [2.45, 2.75) is 0 Å². The molecule has 3 N–H and O–H groups in total. The van der Waals surface area contributed by atoms with Gasteiger partial charge in [0, 0.05) is 0 Å². The van der Waals surface area contributed by atoms with Gasteiger partial charge in [0.2, 0.25) is 5.75 Å². The number of methoxy groups -OCH3 is 1. The van der Waals surface area contributed by atoms with Gasteiger partial charge in [-0.1, -0.05) is 0 Å². The number of rotatable bonds is 5. The van der Waals surface area contributed by atoms with Gasteiger partial charge in [0.15, 0.2) is 11.5 Å². The molecule has 1 aromatic carbocycles. The minimum Gasteiger partial charge on any atom is -0.504 e. The molecular weight excluding hydrogens is 216 g/mol. The maximum atomic E-state index is 10.9. The van der Waals surface area contributed by atoms with Gasteiger partial charge in [0.25, 0.3) is 0 Å². The van der Waals surface area contributed by atoms with E-state index >= 15 is 0 Å². The first-order valence-electron chi connectivity index (χ1n) is 4.48. The molecule has 0 aliphatic heterocycles. The van der Waals surface area contributed by atoms with Crippen molar-refractivity contribution < 1.29 is 29.6 Å². The molecule has 6 heteroatoms. The highest BCUT2D eigenvalue weighted by Gasteiger charge is 2.19. The van der Waals surface area contributed by atoms with Gasteiger partial charge in [-0.25, -0.2) is 4.79 Å². The topological polar surface area (TPSA) is 96.2 Å². The molecule has 0 amide bonds. The molecule has 0 unspecified atom stereocenters. The van der Waals surface area contributed by atoms with E-state index in [0.29, 0.717) is 0 Å². The Morgan fingerprint density at radius 2 is 2.06 bits per heavy atom. The fourth-order valence-electron chi connectivity index (χ4n) is 1.21. The van der Waals surface area contributed by atoms with Gasteiger partial charge in [-0.05, 0) is 12.1 Å². The van der Waals surface area contributed by atoms with Crippen LogP contribution in [0.3, 0.4) is 0 Å². The van der Waals surface area contributed by atoms with Crippen molar-refractivity contribution in [2.24, 2.45) is 0 Å². The van der Waals surface area contributed by atoms with Gasteiger partial charge in [-0.3, -0.25) is 0 Å². The molecule has 16 heavy (non-hydrogen) atoms. The lowest BCUT2D eigenvalue weighted by Crippen LogP contribution is -2.08. The number of aromatic carboxylic acids is 1. The van der Waals surface area contributed by atoms with Gasteiger partial charge in [0.1, 0.15) is 12.2 Å². The lowest BCUT2D eigenvalue weighted by atomic mass is 10.1. The molecule has 0 bridgehead atoms. The Labute approximate surface area is 91.7 Å². The van der Waals surface area contributed by atoms with Gasteiger partial charge in [-0.15, -0.1) is 0 Å². The summed E-state index contributed by atoms with van der Waals surface area (Å²) in [6.45, 7) is -0.349. The van der Waals surface area contributed by atoms with Gasteiger partial charge in [-0.2, -0.15) is 0 Å². The van der Waals surface area contributed by atoms with Crippen LogP contribution in [0.15, 0.2) is 12.1 Å². The second kappa shape index (κ2) is 5.22. The summed E-state index contributed by atoms with van der Waals surface area (Å²) in [7, 11) is 1.28. The summed E-state index contributed by atoms with van der Waals surface area (Å²) in [5.41, 5.74) is -0.136. The van der Waals surface area contributed by atoms with E-state index < -0.39 is 5.97 Å². The molecule has 1 aromatic rings. The highest BCUT2D eigenvalue weighted by atomic mass is 16.5. The van der Waals surface area contributed by atoms with Gasteiger partial charge < -0.3 is 24.8 Å². The van der Waals surface area contributed by atoms with Crippen molar-refractivity contribution in [2.75, 3.05) is 20.3 Å². The first-order valence-corrected chi connectivity index (χ1v) is 4.48. The number of aromatic hydroxyl groups is 1. The number of phenolic OH excluding ortho intramolecular Hbond substituents is 1. The van der Waals surface area contributed by atoms with Crippen LogP contribution in [0.5, 0.6) is 17.2 Å². The van der Waals surface area contributed by atoms with Crippen LogP contribution in [0.1, 0.15) is 10.4 Å². The van der Waals surface area contributed by atoms with Crippen LogP contribution in [0.2, 0.25) is 0 Å². The predicted octanol–water partition coefficient (Wildman–Crippen LogP) is 0.470. The van der Waals surface area contributed by atoms with Crippen molar-refractivity contribution in [1.29, 1.82) is 0 Å². The van der Waals surface area contributed by atoms with Crippen LogP contribution in [0.25, 0.3) is 0 Å². The molecule has 1 rings (SSSR count). The highest BCUT2D eigenvalue weighted by molar-refractivity contribution is 5.92. The third-order valence-corrected chi connectivity index (χ3v) is 1.86. The van der Waals surface area contributed by atoms with E-state index in [-0.39, 0.29) is 36.0 Å². The number of hydrogen-bond acceptors (Lipinski definition) is 5. The quantitative estimate of drug-likeness (QED) is 0.678. The monoisotopic (exact) mass is 228 g/mol. The Kier molecular flexibility index (Phi) is 3.96. The van der Waals surface area contributed by atoms with Crippen molar-refractivity contribution in [3.8, 4) is 17.2 Å². The average molecular weight is 228 g/mol. The standard InChI is InChI=1S/C10H12O6/c1-15-9-7(12)3-2-6(10(13)14)8(9)16-5-4-11/h2-3,11-12H,4-5H2,1H3,(H,13,14). The summed E-state index contributed by atoms with van der Waals surface area (Å²) >= 11 is 0. The number of benzene rings is 1. The lowest BCUT2D eigenvalue weighted by Gasteiger charge is -2.13. The number of aliphatic hydroxyl groups is 1. The normalized spacial score (nSPS) is 9.88. The van der Waals surface area contributed by atoms with Gasteiger partial charge >= 0.3 is 5.97 Å². The van der Waals surface area contributed by atoms with Gasteiger partial charge in [0.05, 0.1) is 13.7 Å². The summed E-state index contributed by atoms with van der Waals surface area (Å²) in [5, 5.41) is 26.9. The zero-order valence-electron chi connectivity index (χ0n) is 8.64. The van der Waals surface area contributed by atoms with Crippen LogP contribution < -0.4 is 9.47 Å². The molecule has 88 valence electrons. The first-order chi connectivity index (χ1) is 7.61. The molecule has 0 saturated carbocycles. The molecular formula is C10H12O6. The molecule has 0 fully saturated rings. The second-order valence-electron chi connectivity index (χ2n) is 2.87. The zero-order chi connectivity index (χ0) is 12.1. The van der Waals surface area contributed by atoms with Crippen LogP contribution in [-0.2, 0) is 0 Å². The Bertz CT molecular complexity index is 387. The maximum absolute atomic E-state index is 10.9. The number of carboxylic acid groups (broad SMARTS) is 1. The SMILES string of the molecule is COc1c(O)ccc(C(=O)O)c1OCCO. The largest absolute Gasteiger partial charge is 0.504 e. The third-order valence-electron chi connectivity index (χ3n) is 1.86. The molecule has 0 aromatic heterocycles. The van der Waals surface area contributed by atoms with E-state index in [4.69, 9.17) is 19.7 Å². The van der Waals surface area contributed by atoms with E-state index in [2.05, 4.69) is 0 Å². The van der Waals surface area contributed by atoms with Crippen molar-refractivity contribution in [1.82, 2.24) is 0 Å². The molecule has 0 aliphatic rings. The van der Waals surface area contributed by atoms with Crippen LogP contribution in [-0.4, -0.2) is 41.6 Å². The minimum atomic E-state index is -1.20. The minimum absolute atomic E-state index is 0.0617. The summed E-state index contributed by atoms with van der Waals surface area (Å²) in [5.74, 6) is -1.58. The van der Waals surface area contributed by atoms with E-state index in [9.17, 15) is 9.90 Å². The molecule has 0 atom stereocenters. The molecule has 0 saturated heterocycles. The summed E-state index contributed by atoms with van der Waals surface area (Å²) in [6, 6.07) is 2.40. The van der Waals surface area contributed by atoms with E-state index in [1.807, 2.05) is 0 Å². The average Bonchev–Trinajstić information content (AvgIpc) is 2.25. The summed E-state index contributed by atoms with van der Waals surface area (Å²) in [6.07, 6.45) is 0. The molecule has 0 aliphatic carbocycles. The molecule has 0 spiro atoms. The third kappa shape index (κ3) is 2.34. The number of hydrogen-bond donors (Lipinski definition) is 3. The van der Waals surface area contributed by atoms with Crippen LogP contribution >= 0.6 is 0 Å². The number of ether oxygens (including phenoxy) is 2. The highest BCUT2D eigenvalue weighted by Crippen LogP contribution is 2.39. The Balaban J connectivity index is 3.23. The maximum Gasteiger partial charge on any atom is 0.339 e. The Morgan fingerprint density at radius 1 is 1.38 bits per heavy atom. The number of carboxylic acids is 1. The predicted molar refractivity (Wildman–Crippen MR) is 54.2 cm³/mol. The summed E-state index contributed by atoms with van der Waals surface area (Å²) in [4.78, 5) is 10.9. The summed E-state index contributed by atoms with van der Waals surface area (Å²) < 4.78 is 9.88. The van der Waals surface area contributed by atoms with E-state index in [1.54, 1.807) is 0 Å². The van der Waals surface area contributed by atoms with Crippen molar-refractivity contribution >= 4 is 5.97 Å². The molecule has 6 nitrogen and oxygen atoms in total.